The Bertz CT molecular complexity index is 457. The van der Waals surface area contributed by atoms with Crippen LogP contribution < -0.4 is 4.90 Å². The summed E-state index contributed by atoms with van der Waals surface area (Å²) in [6.45, 7) is 9.39. The van der Waals surface area contributed by atoms with Crippen LogP contribution in [-0.2, 0) is 4.74 Å². The predicted octanol–water partition coefficient (Wildman–Crippen LogP) is 3.65. The van der Waals surface area contributed by atoms with Crippen molar-refractivity contribution >= 4 is 17.6 Å². The van der Waals surface area contributed by atoms with E-state index in [9.17, 15) is 9.59 Å². The number of ketones is 1. The SMILES string of the molecule is CCN(C(=O)OC(C)(C)C)c1ccc(C(C)=O)cc1. The first-order valence-electron chi connectivity index (χ1n) is 6.36. The Morgan fingerprint density at radius 2 is 1.68 bits per heavy atom. The molecule has 0 fully saturated rings. The van der Waals surface area contributed by atoms with Gasteiger partial charge in [-0.1, -0.05) is 0 Å². The summed E-state index contributed by atoms with van der Waals surface area (Å²) < 4.78 is 5.34. The zero-order chi connectivity index (χ0) is 14.6. The Kier molecular flexibility index (Phi) is 4.70. The standard InChI is InChI=1S/C15H21NO3/c1-6-16(14(18)19-15(3,4)5)13-9-7-12(8-10-13)11(2)17/h7-10H,6H2,1-5H3. The number of amides is 1. The van der Waals surface area contributed by atoms with Crippen LogP contribution in [0.15, 0.2) is 24.3 Å². The minimum atomic E-state index is -0.524. The van der Waals surface area contributed by atoms with Crippen molar-refractivity contribution in [1.29, 1.82) is 0 Å². The highest BCUT2D eigenvalue weighted by Crippen LogP contribution is 2.19. The second-order valence-electron chi connectivity index (χ2n) is 5.33. The number of rotatable bonds is 3. The largest absolute Gasteiger partial charge is 0.443 e. The highest BCUT2D eigenvalue weighted by Gasteiger charge is 2.22. The summed E-state index contributed by atoms with van der Waals surface area (Å²) in [4.78, 5) is 24.8. The Labute approximate surface area is 114 Å². The second-order valence-corrected chi connectivity index (χ2v) is 5.33. The molecule has 0 saturated heterocycles. The van der Waals surface area contributed by atoms with Crippen LogP contribution >= 0.6 is 0 Å². The van der Waals surface area contributed by atoms with Crippen molar-refractivity contribution in [3.63, 3.8) is 0 Å². The number of hydrogen-bond donors (Lipinski definition) is 0. The van der Waals surface area contributed by atoms with Gasteiger partial charge in [-0.15, -0.1) is 0 Å². The van der Waals surface area contributed by atoms with Crippen molar-refractivity contribution in [2.75, 3.05) is 11.4 Å². The van der Waals surface area contributed by atoms with Crippen LogP contribution in [0.3, 0.4) is 0 Å². The lowest BCUT2D eigenvalue weighted by atomic mass is 10.1. The van der Waals surface area contributed by atoms with Gasteiger partial charge in [0.15, 0.2) is 5.78 Å². The van der Waals surface area contributed by atoms with E-state index in [2.05, 4.69) is 0 Å². The molecule has 1 amide bonds. The number of carbonyl (C=O) groups excluding carboxylic acids is 2. The first-order valence-corrected chi connectivity index (χ1v) is 6.36. The second kappa shape index (κ2) is 5.87. The van der Waals surface area contributed by atoms with Crippen molar-refractivity contribution in [3.05, 3.63) is 29.8 Å². The van der Waals surface area contributed by atoms with E-state index in [4.69, 9.17) is 4.74 Å². The molecule has 4 heteroatoms. The van der Waals surface area contributed by atoms with Gasteiger partial charge in [-0.2, -0.15) is 0 Å². The van der Waals surface area contributed by atoms with Gasteiger partial charge in [-0.05, 0) is 58.9 Å². The lowest BCUT2D eigenvalue weighted by molar-refractivity contribution is 0.0582. The molecule has 4 nitrogen and oxygen atoms in total. The Morgan fingerprint density at radius 1 is 1.16 bits per heavy atom. The molecule has 0 saturated carbocycles. The Balaban J connectivity index is 2.91. The lowest BCUT2D eigenvalue weighted by Crippen LogP contribution is -2.36. The molecule has 1 aromatic carbocycles. The zero-order valence-corrected chi connectivity index (χ0v) is 12.2. The summed E-state index contributed by atoms with van der Waals surface area (Å²) in [5.41, 5.74) is 0.829. The zero-order valence-electron chi connectivity index (χ0n) is 12.2. The molecule has 1 aromatic rings. The van der Waals surface area contributed by atoms with Crippen molar-refractivity contribution in [1.82, 2.24) is 0 Å². The van der Waals surface area contributed by atoms with Crippen molar-refractivity contribution < 1.29 is 14.3 Å². The minimum Gasteiger partial charge on any atom is -0.443 e. The molecule has 0 heterocycles. The number of benzene rings is 1. The van der Waals surface area contributed by atoms with Crippen molar-refractivity contribution in [3.8, 4) is 0 Å². The van der Waals surface area contributed by atoms with Crippen LogP contribution in [-0.4, -0.2) is 24.0 Å². The summed E-state index contributed by atoms with van der Waals surface area (Å²) in [5.74, 6) is 0.00636. The van der Waals surface area contributed by atoms with Gasteiger partial charge >= 0.3 is 6.09 Å². The highest BCUT2D eigenvalue weighted by molar-refractivity contribution is 5.95. The van der Waals surface area contributed by atoms with Gasteiger partial charge in [0.25, 0.3) is 0 Å². The van der Waals surface area contributed by atoms with Crippen LogP contribution in [0.2, 0.25) is 0 Å². The van der Waals surface area contributed by atoms with Gasteiger partial charge in [0.2, 0.25) is 0 Å². The van der Waals surface area contributed by atoms with E-state index in [0.717, 1.165) is 5.69 Å². The van der Waals surface area contributed by atoms with E-state index >= 15 is 0 Å². The maximum Gasteiger partial charge on any atom is 0.414 e. The Hall–Kier alpha value is -1.84. The normalized spacial score (nSPS) is 11.0. The summed E-state index contributed by atoms with van der Waals surface area (Å²) in [5, 5.41) is 0. The van der Waals surface area contributed by atoms with E-state index in [0.29, 0.717) is 12.1 Å². The number of carbonyl (C=O) groups is 2. The number of hydrogen-bond acceptors (Lipinski definition) is 3. The fourth-order valence-electron chi connectivity index (χ4n) is 1.61. The topological polar surface area (TPSA) is 46.6 Å². The minimum absolute atomic E-state index is 0.00636. The Morgan fingerprint density at radius 3 is 2.05 bits per heavy atom. The summed E-state index contributed by atoms with van der Waals surface area (Å²) in [6.07, 6.45) is -0.384. The van der Waals surface area contributed by atoms with Gasteiger partial charge in [0.1, 0.15) is 5.60 Å². The molecule has 104 valence electrons. The van der Waals surface area contributed by atoms with E-state index in [-0.39, 0.29) is 11.9 Å². The molecule has 1 rings (SSSR count). The third kappa shape index (κ3) is 4.39. The molecular weight excluding hydrogens is 242 g/mol. The van der Waals surface area contributed by atoms with Gasteiger partial charge in [0, 0.05) is 17.8 Å². The smallest absolute Gasteiger partial charge is 0.414 e. The number of nitrogens with zero attached hydrogens (tertiary/aromatic N) is 1. The third-order valence-electron chi connectivity index (χ3n) is 2.52. The molecule has 0 atom stereocenters. The van der Waals surface area contributed by atoms with E-state index in [1.165, 1.54) is 11.8 Å². The first-order chi connectivity index (χ1) is 8.74. The summed E-state index contributed by atoms with van der Waals surface area (Å²) in [7, 11) is 0. The molecule has 0 aliphatic carbocycles. The molecule has 0 spiro atoms. The maximum absolute atomic E-state index is 12.0. The predicted molar refractivity (Wildman–Crippen MR) is 75.7 cm³/mol. The van der Waals surface area contributed by atoms with Crippen LogP contribution in [0.1, 0.15) is 45.0 Å². The number of Topliss-reactive ketones (excluding diaryl/α,β-unsaturated/α-hetero) is 1. The van der Waals surface area contributed by atoms with E-state index < -0.39 is 5.60 Å². The average Bonchev–Trinajstić information content (AvgIpc) is 2.28. The van der Waals surface area contributed by atoms with Crippen LogP contribution in [0.25, 0.3) is 0 Å². The molecule has 0 aliphatic rings. The van der Waals surface area contributed by atoms with Crippen LogP contribution in [0, 0.1) is 0 Å². The van der Waals surface area contributed by atoms with Gasteiger partial charge < -0.3 is 4.74 Å². The maximum atomic E-state index is 12.0. The summed E-state index contributed by atoms with van der Waals surface area (Å²) in [6, 6.07) is 6.93. The molecule has 0 radical (unpaired) electrons. The molecule has 0 aromatic heterocycles. The molecule has 0 N–H and O–H groups in total. The quantitative estimate of drug-likeness (QED) is 0.782. The third-order valence-corrected chi connectivity index (χ3v) is 2.52. The highest BCUT2D eigenvalue weighted by atomic mass is 16.6. The molecular formula is C15H21NO3. The summed E-state index contributed by atoms with van der Waals surface area (Å²) >= 11 is 0. The molecule has 0 aliphatic heterocycles. The van der Waals surface area contributed by atoms with Crippen molar-refractivity contribution in [2.24, 2.45) is 0 Å². The molecule has 19 heavy (non-hydrogen) atoms. The number of ether oxygens (including phenoxy) is 1. The fraction of sp³-hybridized carbons (Fsp3) is 0.467. The van der Waals surface area contributed by atoms with Crippen LogP contribution in [0.5, 0.6) is 0 Å². The van der Waals surface area contributed by atoms with Crippen molar-refractivity contribution in [2.45, 2.75) is 40.2 Å². The van der Waals surface area contributed by atoms with Gasteiger partial charge in [0.05, 0.1) is 0 Å². The van der Waals surface area contributed by atoms with E-state index in [1.54, 1.807) is 24.3 Å². The van der Waals surface area contributed by atoms with Gasteiger partial charge in [-0.3, -0.25) is 9.69 Å². The van der Waals surface area contributed by atoms with E-state index in [1.807, 2.05) is 27.7 Å². The van der Waals surface area contributed by atoms with Crippen LogP contribution in [0.4, 0.5) is 10.5 Å². The molecule has 0 unspecified atom stereocenters. The monoisotopic (exact) mass is 263 g/mol. The van der Waals surface area contributed by atoms with Gasteiger partial charge in [-0.25, -0.2) is 4.79 Å². The lowest BCUT2D eigenvalue weighted by Gasteiger charge is -2.26. The molecule has 0 bridgehead atoms. The number of anilines is 1. The first kappa shape index (κ1) is 15.2. The fourth-order valence-corrected chi connectivity index (χ4v) is 1.61. The average molecular weight is 263 g/mol.